The van der Waals surface area contributed by atoms with Gasteiger partial charge in [-0.05, 0) is 20.8 Å². The normalized spacial score (nSPS) is 60.7. The highest BCUT2D eigenvalue weighted by molar-refractivity contribution is 5.91. The fourth-order valence-corrected chi connectivity index (χ4v) is 5.83. The molecule has 0 amide bonds. The Morgan fingerprint density at radius 1 is 1.27 bits per heavy atom. The molecule has 5 rings (SSSR count). The first kappa shape index (κ1) is 13.3. The van der Waals surface area contributed by atoms with Gasteiger partial charge in [-0.1, -0.05) is 0 Å². The van der Waals surface area contributed by atoms with Crippen LogP contribution in [0.4, 0.5) is 0 Å². The second kappa shape index (κ2) is 3.07. The Morgan fingerprint density at radius 3 is 2.59 bits per heavy atom. The highest BCUT2D eigenvalue weighted by Crippen LogP contribution is 2.77. The van der Waals surface area contributed by atoms with E-state index in [0.717, 1.165) is 0 Å². The first-order valence-corrected chi connectivity index (χ1v) is 7.63. The van der Waals surface area contributed by atoms with Crippen molar-refractivity contribution in [1.29, 1.82) is 0 Å². The van der Waals surface area contributed by atoms with E-state index in [1.54, 1.807) is 20.8 Å². The first-order chi connectivity index (χ1) is 10.1. The zero-order chi connectivity index (χ0) is 15.9. The minimum atomic E-state index is -1.47. The van der Waals surface area contributed by atoms with Crippen LogP contribution >= 0.6 is 0 Å². The molecule has 120 valence electrons. The van der Waals surface area contributed by atoms with E-state index in [0.29, 0.717) is 0 Å². The van der Waals surface area contributed by atoms with Crippen LogP contribution in [0.15, 0.2) is 0 Å². The molecule has 5 fully saturated rings. The quantitative estimate of drug-likeness (QED) is 0.479. The van der Waals surface area contributed by atoms with Crippen LogP contribution in [0.2, 0.25) is 0 Å². The SMILES string of the molecule is CC(C)(O)C1[C@H]2OC(=O)[C@@H]1[C@]1(O)C[C@H]3O[C@]34C(=O)OC2[C@]14C. The average molecular weight is 310 g/mol. The van der Waals surface area contributed by atoms with Crippen molar-refractivity contribution in [3.8, 4) is 0 Å². The van der Waals surface area contributed by atoms with Gasteiger partial charge in [-0.2, -0.15) is 0 Å². The van der Waals surface area contributed by atoms with E-state index in [1.165, 1.54) is 0 Å². The number of carbonyl (C=O) groups is 2. The van der Waals surface area contributed by atoms with E-state index in [1.807, 2.05) is 0 Å². The summed E-state index contributed by atoms with van der Waals surface area (Å²) in [6.45, 7) is 4.92. The number of epoxide rings is 1. The van der Waals surface area contributed by atoms with Crippen molar-refractivity contribution < 1.29 is 34.0 Å². The maximum Gasteiger partial charge on any atom is 0.342 e. The van der Waals surface area contributed by atoms with Crippen LogP contribution in [0.5, 0.6) is 0 Å². The van der Waals surface area contributed by atoms with Crippen molar-refractivity contribution >= 4 is 11.9 Å². The molecule has 0 aromatic rings. The zero-order valence-corrected chi connectivity index (χ0v) is 12.5. The molecule has 3 aliphatic heterocycles. The summed E-state index contributed by atoms with van der Waals surface area (Å²) >= 11 is 0. The van der Waals surface area contributed by atoms with Gasteiger partial charge in [0.25, 0.3) is 0 Å². The van der Waals surface area contributed by atoms with E-state index < -0.39 is 64.3 Å². The van der Waals surface area contributed by atoms with Crippen molar-refractivity contribution in [2.75, 3.05) is 0 Å². The van der Waals surface area contributed by atoms with Crippen molar-refractivity contribution in [1.82, 2.24) is 0 Å². The molecule has 5 aliphatic rings. The smallest absolute Gasteiger partial charge is 0.342 e. The molecule has 2 saturated carbocycles. The summed E-state index contributed by atoms with van der Waals surface area (Å²) in [6.07, 6.45) is -1.78. The summed E-state index contributed by atoms with van der Waals surface area (Å²) in [5.41, 5.74) is -4.89. The third kappa shape index (κ3) is 0.962. The van der Waals surface area contributed by atoms with E-state index in [9.17, 15) is 19.8 Å². The molecule has 7 nitrogen and oxygen atoms in total. The van der Waals surface area contributed by atoms with E-state index in [-0.39, 0.29) is 6.42 Å². The van der Waals surface area contributed by atoms with Crippen molar-refractivity contribution in [2.24, 2.45) is 17.3 Å². The highest BCUT2D eigenvalue weighted by atomic mass is 16.7. The highest BCUT2D eigenvalue weighted by Gasteiger charge is 2.95. The fraction of sp³-hybridized carbons (Fsp3) is 0.867. The lowest BCUT2D eigenvalue weighted by atomic mass is 9.52. The molecule has 22 heavy (non-hydrogen) atoms. The molecule has 2 bridgehead atoms. The Labute approximate surface area is 126 Å². The number of esters is 2. The molecule has 2 unspecified atom stereocenters. The number of hydrogen-bond acceptors (Lipinski definition) is 7. The van der Waals surface area contributed by atoms with Crippen LogP contribution in [0.1, 0.15) is 27.2 Å². The predicted octanol–water partition coefficient (Wildman–Crippen LogP) is -0.867. The van der Waals surface area contributed by atoms with Gasteiger partial charge in [-0.25, -0.2) is 4.79 Å². The van der Waals surface area contributed by atoms with Crippen LogP contribution in [-0.2, 0) is 23.8 Å². The van der Waals surface area contributed by atoms with Crippen molar-refractivity contribution in [2.45, 2.75) is 62.3 Å². The molecule has 1 spiro atoms. The summed E-state index contributed by atoms with van der Waals surface area (Å²) in [6, 6.07) is 0. The lowest BCUT2D eigenvalue weighted by Crippen LogP contribution is -2.68. The van der Waals surface area contributed by atoms with Crippen molar-refractivity contribution in [3.05, 3.63) is 0 Å². The third-order valence-corrected chi connectivity index (χ3v) is 6.85. The maximum absolute atomic E-state index is 12.4. The number of carbonyl (C=O) groups excluding carboxylic acids is 2. The molecule has 2 N–H and O–H groups in total. The van der Waals surface area contributed by atoms with Gasteiger partial charge < -0.3 is 24.4 Å². The molecule has 0 aromatic carbocycles. The molecule has 7 heteroatoms. The molecule has 3 heterocycles. The lowest BCUT2D eigenvalue weighted by molar-refractivity contribution is -0.223. The summed E-state index contributed by atoms with van der Waals surface area (Å²) in [5, 5.41) is 21.9. The number of ether oxygens (including phenoxy) is 3. The third-order valence-electron chi connectivity index (χ3n) is 6.85. The zero-order valence-electron chi connectivity index (χ0n) is 12.5. The summed E-state index contributed by atoms with van der Waals surface area (Å²) in [4.78, 5) is 24.8. The Bertz CT molecular complexity index is 638. The van der Waals surface area contributed by atoms with Gasteiger partial charge in [-0.15, -0.1) is 0 Å². The molecule has 0 radical (unpaired) electrons. The van der Waals surface area contributed by atoms with Gasteiger partial charge in [-0.3, -0.25) is 4.79 Å². The Hall–Kier alpha value is -1.18. The van der Waals surface area contributed by atoms with Crippen LogP contribution < -0.4 is 0 Å². The molecule has 3 saturated heterocycles. The van der Waals surface area contributed by atoms with Gasteiger partial charge >= 0.3 is 11.9 Å². The van der Waals surface area contributed by atoms with E-state index >= 15 is 0 Å². The monoisotopic (exact) mass is 310 g/mol. The molecule has 0 aromatic heterocycles. The Morgan fingerprint density at radius 2 is 1.95 bits per heavy atom. The van der Waals surface area contributed by atoms with Gasteiger partial charge in [0.05, 0.1) is 22.5 Å². The van der Waals surface area contributed by atoms with E-state index in [2.05, 4.69) is 0 Å². The maximum atomic E-state index is 12.4. The fourth-order valence-electron chi connectivity index (χ4n) is 5.83. The van der Waals surface area contributed by atoms with Gasteiger partial charge in [0, 0.05) is 12.3 Å². The second-order valence-electron chi connectivity index (χ2n) is 8.06. The van der Waals surface area contributed by atoms with Crippen LogP contribution in [0.25, 0.3) is 0 Å². The Balaban J connectivity index is 1.76. The topological polar surface area (TPSA) is 106 Å². The average Bonchev–Trinajstić information content (AvgIpc) is 2.85. The summed E-state index contributed by atoms with van der Waals surface area (Å²) in [5.74, 6) is -2.51. The van der Waals surface area contributed by atoms with Gasteiger partial charge in [0.2, 0.25) is 5.60 Å². The number of aliphatic hydroxyl groups is 2. The number of fused-ring (bicyclic) bond motifs is 4. The van der Waals surface area contributed by atoms with Crippen LogP contribution in [0.3, 0.4) is 0 Å². The standard InChI is InChI=1S/C15H18O7/c1-12(2,18)6-7-10(16)20-8(6)9-13(3)14(7,19)4-5-15(13,22-5)11(17)21-9/h5-9,18-19H,4H2,1-3H3/t5-,6?,7-,8-,9?,13-,14-,15+/m1/s1. The molecule has 2 aliphatic carbocycles. The van der Waals surface area contributed by atoms with Crippen LogP contribution in [0, 0.1) is 17.3 Å². The molecule has 8 atom stereocenters. The van der Waals surface area contributed by atoms with E-state index in [4.69, 9.17) is 14.2 Å². The molecular formula is C15H18O7. The minimum absolute atomic E-state index is 0.189. The minimum Gasteiger partial charge on any atom is -0.458 e. The number of rotatable bonds is 1. The first-order valence-electron chi connectivity index (χ1n) is 7.63. The van der Waals surface area contributed by atoms with Gasteiger partial charge in [0.15, 0.2) is 6.10 Å². The molecular weight excluding hydrogens is 292 g/mol. The summed E-state index contributed by atoms with van der Waals surface area (Å²) < 4.78 is 16.5. The Kier molecular flexibility index (Phi) is 1.85. The lowest BCUT2D eigenvalue weighted by Gasteiger charge is -2.53. The van der Waals surface area contributed by atoms with Gasteiger partial charge in [0.1, 0.15) is 12.2 Å². The summed E-state index contributed by atoms with van der Waals surface area (Å²) in [7, 11) is 0. The largest absolute Gasteiger partial charge is 0.458 e. The second-order valence-corrected chi connectivity index (χ2v) is 8.06. The number of hydrogen-bond donors (Lipinski definition) is 2. The predicted molar refractivity (Wildman–Crippen MR) is 68.3 cm³/mol. The van der Waals surface area contributed by atoms with Crippen LogP contribution in [-0.4, -0.2) is 57.3 Å². The van der Waals surface area contributed by atoms with Crippen molar-refractivity contribution in [3.63, 3.8) is 0 Å².